The molecule has 0 fully saturated rings. The highest BCUT2D eigenvalue weighted by Gasteiger charge is 2.23. The van der Waals surface area contributed by atoms with E-state index in [1.165, 1.54) is 0 Å². The Balaban J connectivity index is 1.41. The first kappa shape index (κ1) is 31.7. The van der Waals surface area contributed by atoms with Crippen molar-refractivity contribution >= 4 is 59.9 Å². The van der Waals surface area contributed by atoms with Gasteiger partial charge >= 0.3 is 0 Å². The summed E-state index contributed by atoms with van der Waals surface area (Å²) in [6, 6.07) is 40.8. The molecule has 9 aromatic rings. The van der Waals surface area contributed by atoms with Crippen molar-refractivity contribution < 1.29 is 0 Å². The second-order valence-electron chi connectivity index (χ2n) is 16.1. The van der Waals surface area contributed by atoms with E-state index < -0.39 is 0 Å². The zero-order valence-corrected chi connectivity index (χ0v) is 30.1. The molecule has 0 amide bonds. The fraction of sp³-hybridized carbons (Fsp3) is 0.170. The average molecular weight is 676 g/mol. The Hall–Kier alpha value is -6.25. The van der Waals surface area contributed by atoms with Crippen molar-refractivity contribution in [1.29, 1.82) is 5.26 Å². The summed E-state index contributed by atoms with van der Waals surface area (Å²) in [6.45, 7) is 12.9. The van der Waals surface area contributed by atoms with Gasteiger partial charge < -0.3 is 8.97 Å². The van der Waals surface area contributed by atoms with E-state index in [9.17, 15) is 14.9 Å². The molecule has 0 N–H and O–H groups in total. The minimum absolute atomic E-state index is 0.103. The molecule has 0 aliphatic carbocycles. The van der Waals surface area contributed by atoms with Crippen LogP contribution in [-0.4, -0.2) is 8.97 Å². The van der Waals surface area contributed by atoms with Crippen molar-refractivity contribution in [3.8, 4) is 22.9 Å². The Morgan fingerprint density at radius 3 is 1.48 bits per heavy atom. The maximum atomic E-state index is 14.7. The lowest BCUT2D eigenvalue weighted by atomic mass is 9.85. The second-order valence-corrected chi connectivity index (χ2v) is 16.1. The molecular formula is C47H37N3O2. The molecule has 5 nitrogen and oxygen atoms in total. The molecule has 0 atom stereocenters. The van der Waals surface area contributed by atoms with Gasteiger partial charge in [-0.2, -0.15) is 5.26 Å². The number of pyridine rings is 2. The molecule has 0 saturated carbocycles. The first-order chi connectivity index (χ1) is 24.8. The maximum absolute atomic E-state index is 14.7. The molecule has 0 saturated heterocycles. The number of hydrogen-bond donors (Lipinski definition) is 0. The van der Waals surface area contributed by atoms with Crippen LogP contribution in [0.4, 0.5) is 0 Å². The van der Waals surface area contributed by atoms with Crippen LogP contribution >= 0.6 is 0 Å². The highest BCUT2D eigenvalue weighted by molar-refractivity contribution is 6.11. The minimum atomic E-state index is -0.161. The number of para-hydroxylation sites is 2. The maximum Gasteiger partial charge on any atom is 0.197 e. The third-order valence-corrected chi connectivity index (χ3v) is 10.8. The van der Waals surface area contributed by atoms with Gasteiger partial charge in [0.25, 0.3) is 0 Å². The third kappa shape index (κ3) is 4.54. The van der Waals surface area contributed by atoms with Crippen molar-refractivity contribution in [1.82, 2.24) is 8.97 Å². The van der Waals surface area contributed by atoms with Crippen LogP contribution < -0.4 is 10.9 Å². The van der Waals surface area contributed by atoms with Gasteiger partial charge in [0.2, 0.25) is 0 Å². The summed E-state index contributed by atoms with van der Waals surface area (Å²) < 4.78 is 4.25. The van der Waals surface area contributed by atoms with Crippen LogP contribution in [0.3, 0.4) is 0 Å². The summed E-state index contributed by atoms with van der Waals surface area (Å²) in [5.74, 6) is 0. The molecule has 9 rings (SSSR count). The molecule has 252 valence electrons. The van der Waals surface area contributed by atoms with Gasteiger partial charge in [-0.05, 0) is 93.7 Å². The molecule has 5 heteroatoms. The molecule has 3 aromatic heterocycles. The summed E-state index contributed by atoms with van der Waals surface area (Å²) in [5.41, 5.74) is 8.61. The van der Waals surface area contributed by atoms with Gasteiger partial charge in [0.05, 0.1) is 38.8 Å². The Kier molecular flexibility index (Phi) is 6.63. The lowest BCUT2D eigenvalue weighted by molar-refractivity contribution is 0.591. The van der Waals surface area contributed by atoms with E-state index in [0.717, 1.165) is 60.8 Å². The van der Waals surface area contributed by atoms with Crippen molar-refractivity contribution in [2.45, 2.75) is 52.4 Å². The number of benzene rings is 6. The molecular weight excluding hydrogens is 639 g/mol. The Morgan fingerprint density at radius 2 is 1.00 bits per heavy atom. The van der Waals surface area contributed by atoms with Crippen LogP contribution in [0, 0.1) is 11.3 Å². The van der Waals surface area contributed by atoms with Crippen LogP contribution in [0.15, 0.2) is 125 Å². The van der Waals surface area contributed by atoms with Crippen molar-refractivity contribution in [2.75, 3.05) is 0 Å². The number of aromatic nitrogens is 2. The summed E-state index contributed by atoms with van der Waals surface area (Å²) in [7, 11) is 0. The molecule has 0 spiro atoms. The summed E-state index contributed by atoms with van der Waals surface area (Å²) in [5, 5.41) is 14.8. The van der Waals surface area contributed by atoms with Crippen molar-refractivity contribution in [3.05, 3.63) is 152 Å². The SMILES string of the molecule is CC(C)(C)c1ccc2c(c1)c(=O)c1cc(-c3ccc(C#N)c(-n4c5ccccc5c5ccccc54)c3)cc3c(=O)c4cc(C(C)(C)C)ccc4n2c13. The smallest absolute Gasteiger partial charge is 0.197 e. The molecule has 0 bridgehead atoms. The number of hydrogen-bond acceptors (Lipinski definition) is 3. The van der Waals surface area contributed by atoms with Gasteiger partial charge in [-0.25, -0.2) is 0 Å². The number of rotatable bonds is 2. The van der Waals surface area contributed by atoms with E-state index in [-0.39, 0.29) is 21.7 Å². The first-order valence-electron chi connectivity index (χ1n) is 17.7. The Labute approximate surface area is 300 Å². The standard InChI is InChI=1S/C47H37N3O2/c1-46(2,3)30-17-19-40-34(24-30)44(51)36-21-29(22-37-43(36)50(40)41-20-18-31(47(4,5)6)25-35(41)45(37)52)27-15-16-28(26-48)42(23-27)49-38-13-9-7-11-32(38)33-12-8-10-14-39(33)49/h7-25H,1-6H3. The Morgan fingerprint density at radius 1 is 0.500 bits per heavy atom. The summed E-state index contributed by atoms with van der Waals surface area (Å²) >= 11 is 0. The second kappa shape index (κ2) is 10.9. The molecule has 52 heavy (non-hydrogen) atoms. The van der Waals surface area contributed by atoms with Gasteiger partial charge in [-0.3, -0.25) is 9.59 Å². The van der Waals surface area contributed by atoms with Gasteiger partial charge in [-0.1, -0.05) is 96.1 Å². The number of fused-ring (bicyclic) bond motifs is 7. The summed E-state index contributed by atoms with van der Waals surface area (Å²) in [6.07, 6.45) is 0. The number of nitriles is 1. The highest BCUT2D eigenvalue weighted by Crippen LogP contribution is 2.37. The normalized spacial score (nSPS) is 12.6. The van der Waals surface area contributed by atoms with Gasteiger partial charge in [0, 0.05) is 32.3 Å². The van der Waals surface area contributed by atoms with Crippen LogP contribution in [0.1, 0.15) is 58.2 Å². The lowest BCUT2D eigenvalue weighted by Crippen LogP contribution is -2.17. The van der Waals surface area contributed by atoms with E-state index in [4.69, 9.17) is 0 Å². The zero-order valence-electron chi connectivity index (χ0n) is 30.1. The molecule has 6 aromatic carbocycles. The molecule has 0 aliphatic heterocycles. The molecule has 0 unspecified atom stereocenters. The fourth-order valence-electron chi connectivity index (χ4n) is 7.98. The predicted octanol–water partition coefficient (Wildman–Crippen LogP) is 10.8. The lowest BCUT2D eigenvalue weighted by Gasteiger charge is -2.22. The Bertz CT molecular complexity index is 2970. The van der Waals surface area contributed by atoms with Crippen LogP contribution in [0.5, 0.6) is 0 Å². The topological polar surface area (TPSA) is 67.3 Å². The van der Waals surface area contributed by atoms with Gasteiger partial charge in [0.1, 0.15) is 6.07 Å². The van der Waals surface area contributed by atoms with Crippen LogP contribution in [0.25, 0.3) is 76.7 Å². The van der Waals surface area contributed by atoms with Crippen molar-refractivity contribution in [2.24, 2.45) is 0 Å². The summed E-state index contributed by atoms with van der Waals surface area (Å²) in [4.78, 5) is 29.3. The highest BCUT2D eigenvalue weighted by atomic mass is 16.1. The fourth-order valence-corrected chi connectivity index (χ4v) is 7.98. The van der Waals surface area contributed by atoms with E-state index in [2.05, 4.69) is 93.0 Å². The monoisotopic (exact) mass is 675 g/mol. The molecule has 0 aliphatic rings. The van der Waals surface area contributed by atoms with E-state index >= 15 is 0 Å². The molecule has 3 heterocycles. The third-order valence-electron chi connectivity index (χ3n) is 10.8. The largest absolute Gasteiger partial charge is 0.308 e. The first-order valence-corrected chi connectivity index (χ1v) is 17.7. The van der Waals surface area contributed by atoms with Crippen LogP contribution in [0.2, 0.25) is 0 Å². The molecule has 0 radical (unpaired) electrons. The van der Waals surface area contributed by atoms with E-state index in [1.807, 2.05) is 78.9 Å². The average Bonchev–Trinajstić information content (AvgIpc) is 3.47. The van der Waals surface area contributed by atoms with Crippen LogP contribution in [-0.2, 0) is 10.8 Å². The number of nitrogens with zero attached hydrogens (tertiary/aromatic N) is 3. The zero-order chi connectivity index (χ0) is 36.3. The van der Waals surface area contributed by atoms with Gasteiger partial charge in [-0.15, -0.1) is 0 Å². The quantitative estimate of drug-likeness (QED) is 0.135. The van der Waals surface area contributed by atoms with Crippen molar-refractivity contribution in [3.63, 3.8) is 0 Å². The minimum Gasteiger partial charge on any atom is -0.308 e. The van der Waals surface area contributed by atoms with Gasteiger partial charge in [0.15, 0.2) is 10.9 Å². The predicted molar refractivity (Wildman–Crippen MR) is 216 cm³/mol. The van der Waals surface area contributed by atoms with E-state index in [1.54, 1.807) is 0 Å². The van der Waals surface area contributed by atoms with E-state index in [0.29, 0.717) is 32.6 Å².